The maximum Gasteiger partial charge on any atom is 0.177 e. The van der Waals surface area contributed by atoms with Crippen LogP contribution in [0.3, 0.4) is 0 Å². The molecule has 0 aliphatic carbocycles. The molecule has 0 atom stereocenters. The number of hydrogen-bond donors (Lipinski definition) is 1. The Hall–Kier alpha value is -1.28. The van der Waals surface area contributed by atoms with E-state index < -0.39 is 5.82 Å². The van der Waals surface area contributed by atoms with Crippen LogP contribution in [0.1, 0.15) is 5.56 Å². The Balaban J connectivity index is 3.50. The molecule has 1 rings (SSSR count). The summed E-state index contributed by atoms with van der Waals surface area (Å²) in [6.07, 6.45) is 0. The predicted molar refractivity (Wildman–Crippen MR) is 47.0 cm³/mol. The first-order chi connectivity index (χ1) is 6.11. The molecule has 0 fully saturated rings. The van der Waals surface area contributed by atoms with E-state index in [2.05, 4.69) is 20.7 Å². The SMILES string of the molecule is COc1cc(F)c(Br)c(C#N)c1O. The molecule has 5 heteroatoms. The lowest BCUT2D eigenvalue weighted by Gasteiger charge is -2.06. The second-order valence-electron chi connectivity index (χ2n) is 2.21. The number of ether oxygens (including phenoxy) is 1. The first kappa shape index (κ1) is 9.81. The quantitative estimate of drug-likeness (QED) is 0.826. The summed E-state index contributed by atoms with van der Waals surface area (Å²) in [7, 11) is 1.28. The Morgan fingerprint density at radius 3 is 2.77 bits per heavy atom. The standard InChI is InChI=1S/C8H5BrFNO2/c1-13-6-2-5(10)7(9)4(3-11)8(6)12/h2,12H,1H3. The van der Waals surface area contributed by atoms with E-state index in [0.29, 0.717) is 0 Å². The molecule has 1 aromatic carbocycles. The second-order valence-corrected chi connectivity index (χ2v) is 3.00. The Morgan fingerprint density at radius 1 is 1.69 bits per heavy atom. The number of phenols is 1. The Morgan fingerprint density at radius 2 is 2.31 bits per heavy atom. The number of hydrogen-bond acceptors (Lipinski definition) is 3. The highest BCUT2D eigenvalue weighted by molar-refractivity contribution is 9.10. The number of aromatic hydroxyl groups is 1. The number of benzene rings is 1. The summed E-state index contributed by atoms with van der Waals surface area (Å²) in [6, 6.07) is 2.66. The summed E-state index contributed by atoms with van der Waals surface area (Å²) in [5.74, 6) is -1.07. The minimum atomic E-state index is -0.647. The van der Waals surface area contributed by atoms with Gasteiger partial charge in [0.05, 0.1) is 11.6 Å². The summed E-state index contributed by atoms with van der Waals surface area (Å²) < 4.78 is 17.6. The van der Waals surface area contributed by atoms with Crippen molar-refractivity contribution in [1.82, 2.24) is 0 Å². The van der Waals surface area contributed by atoms with Crippen molar-refractivity contribution in [2.45, 2.75) is 0 Å². The van der Waals surface area contributed by atoms with E-state index in [1.54, 1.807) is 6.07 Å². The third kappa shape index (κ3) is 1.58. The molecule has 3 nitrogen and oxygen atoms in total. The van der Waals surface area contributed by atoms with Crippen LogP contribution in [0.5, 0.6) is 11.5 Å². The zero-order chi connectivity index (χ0) is 10.0. The van der Waals surface area contributed by atoms with E-state index in [1.165, 1.54) is 7.11 Å². The fraction of sp³-hybridized carbons (Fsp3) is 0.125. The minimum absolute atomic E-state index is 0.0581. The number of methoxy groups -OCH3 is 1. The predicted octanol–water partition coefficient (Wildman–Crippen LogP) is 2.17. The molecule has 68 valence electrons. The van der Waals surface area contributed by atoms with Crippen LogP contribution in [-0.4, -0.2) is 12.2 Å². The van der Waals surface area contributed by atoms with Gasteiger partial charge in [0.1, 0.15) is 17.4 Å². The molecule has 0 aliphatic heterocycles. The normalized spacial score (nSPS) is 9.38. The average molecular weight is 246 g/mol. The molecule has 0 unspecified atom stereocenters. The first-order valence-corrected chi connectivity index (χ1v) is 4.06. The molecule has 0 heterocycles. The average Bonchev–Trinajstić information content (AvgIpc) is 2.12. The van der Waals surface area contributed by atoms with Gasteiger partial charge in [-0.2, -0.15) is 5.26 Å². The van der Waals surface area contributed by atoms with Crippen LogP contribution in [0.25, 0.3) is 0 Å². The number of rotatable bonds is 1. The zero-order valence-electron chi connectivity index (χ0n) is 6.64. The smallest absolute Gasteiger partial charge is 0.177 e. The molecule has 0 saturated carbocycles. The van der Waals surface area contributed by atoms with Crippen LogP contribution >= 0.6 is 15.9 Å². The van der Waals surface area contributed by atoms with E-state index in [4.69, 9.17) is 5.26 Å². The number of phenolic OH excluding ortho intramolecular Hbond substituents is 1. The lowest BCUT2D eigenvalue weighted by molar-refractivity contribution is 0.369. The van der Waals surface area contributed by atoms with Gasteiger partial charge in [0, 0.05) is 6.07 Å². The van der Waals surface area contributed by atoms with Crippen molar-refractivity contribution in [3.8, 4) is 17.6 Å². The van der Waals surface area contributed by atoms with Gasteiger partial charge < -0.3 is 9.84 Å². The topological polar surface area (TPSA) is 53.2 Å². The van der Waals surface area contributed by atoms with Gasteiger partial charge in [-0.05, 0) is 15.9 Å². The highest BCUT2D eigenvalue weighted by atomic mass is 79.9. The van der Waals surface area contributed by atoms with Crippen LogP contribution < -0.4 is 4.74 Å². The summed E-state index contributed by atoms with van der Waals surface area (Å²) >= 11 is 2.84. The molecule has 0 aromatic heterocycles. The van der Waals surface area contributed by atoms with Gasteiger partial charge in [-0.25, -0.2) is 4.39 Å². The first-order valence-electron chi connectivity index (χ1n) is 3.26. The largest absolute Gasteiger partial charge is 0.503 e. The van der Waals surface area contributed by atoms with Crippen molar-refractivity contribution in [2.24, 2.45) is 0 Å². The molecule has 0 radical (unpaired) electrons. The maximum atomic E-state index is 13.0. The van der Waals surface area contributed by atoms with Crippen molar-refractivity contribution >= 4 is 15.9 Å². The molecule has 0 bridgehead atoms. The number of nitriles is 1. The molecular weight excluding hydrogens is 241 g/mol. The Bertz CT molecular complexity index is 387. The lowest BCUT2D eigenvalue weighted by atomic mass is 10.2. The molecule has 13 heavy (non-hydrogen) atoms. The van der Waals surface area contributed by atoms with E-state index in [1.807, 2.05) is 0 Å². The Labute approximate surface area is 82.5 Å². The molecule has 1 aromatic rings. The summed E-state index contributed by atoms with van der Waals surface area (Å²) in [4.78, 5) is 0. The van der Waals surface area contributed by atoms with Gasteiger partial charge in [-0.15, -0.1) is 0 Å². The van der Waals surface area contributed by atoms with Gasteiger partial charge in [0.25, 0.3) is 0 Å². The highest BCUT2D eigenvalue weighted by Gasteiger charge is 2.16. The van der Waals surface area contributed by atoms with E-state index in [9.17, 15) is 9.50 Å². The van der Waals surface area contributed by atoms with Gasteiger partial charge in [0.2, 0.25) is 0 Å². The zero-order valence-corrected chi connectivity index (χ0v) is 8.22. The van der Waals surface area contributed by atoms with Crippen LogP contribution in [0, 0.1) is 17.1 Å². The molecule has 0 aliphatic rings. The van der Waals surface area contributed by atoms with Crippen LogP contribution in [0.4, 0.5) is 4.39 Å². The van der Waals surface area contributed by atoms with Crippen molar-refractivity contribution in [1.29, 1.82) is 5.26 Å². The van der Waals surface area contributed by atoms with Crippen LogP contribution in [0.15, 0.2) is 10.5 Å². The van der Waals surface area contributed by atoms with Crippen molar-refractivity contribution in [3.63, 3.8) is 0 Å². The van der Waals surface area contributed by atoms with Gasteiger partial charge >= 0.3 is 0 Å². The Kier molecular flexibility index (Phi) is 2.73. The third-order valence-corrected chi connectivity index (χ3v) is 2.26. The van der Waals surface area contributed by atoms with Crippen LogP contribution in [-0.2, 0) is 0 Å². The van der Waals surface area contributed by atoms with Gasteiger partial charge in [0.15, 0.2) is 11.5 Å². The van der Waals surface area contributed by atoms with E-state index in [0.717, 1.165) is 6.07 Å². The molecule has 0 saturated heterocycles. The molecule has 0 amide bonds. The number of nitrogens with zero attached hydrogens (tertiary/aromatic N) is 1. The van der Waals surface area contributed by atoms with Crippen LogP contribution in [0.2, 0.25) is 0 Å². The fourth-order valence-electron chi connectivity index (χ4n) is 0.851. The molecular formula is C8H5BrFNO2. The summed E-state index contributed by atoms with van der Waals surface area (Å²) in [6.45, 7) is 0. The van der Waals surface area contributed by atoms with Gasteiger partial charge in [-0.1, -0.05) is 0 Å². The molecule has 1 N–H and O–H groups in total. The lowest BCUT2D eigenvalue weighted by Crippen LogP contribution is -1.91. The maximum absolute atomic E-state index is 13.0. The highest BCUT2D eigenvalue weighted by Crippen LogP contribution is 2.36. The fourth-order valence-corrected chi connectivity index (χ4v) is 1.24. The van der Waals surface area contributed by atoms with Crippen molar-refractivity contribution in [3.05, 3.63) is 21.9 Å². The third-order valence-electron chi connectivity index (χ3n) is 1.49. The van der Waals surface area contributed by atoms with E-state index in [-0.39, 0.29) is 21.5 Å². The van der Waals surface area contributed by atoms with Crippen molar-refractivity contribution in [2.75, 3.05) is 7.11 Å². The second kappa shape index (κ2) is 3.62. The van der Waals surface area contributed by atoms with Gasteiger partial charge in [-0.3, -0.25) is 0 Å². The molecule has 0 spiro atoms. The minimum Gasteiger partial charge on any atom is -0.503 e. The number of halogens is 2. The van der Waals surface area contributed by atoms with E-state index >= 15 is 0 Å². The monoisotopic (exact) mass is 245 g/mol. The summed E-state index contributed by atoms with van der Waals surface area (Å²) in [5.41, 5.74) is -0.170. The van der Waals surface area contributed by atoms with Crippen molar-refractivity contribution < 1.29 is 14.2 Å². The summed E-state index contributed by atoms with van der Waals surface area (Å²) in [5, 5.41) is 17.9.